The second kappa shape index (κ2) is 24.4. The third-order valence-electron chi connectivity index (χ3n) is 11.4. The number of halogens is 3. The van der Waals surface area contributed by atoms with E-state index in [9.17, 15) is 14.4 Å². The van der Waals surface area contributed by atoms with Crippen LogP contribution >= 0.6 is 34.8 Å². The van der Waals surface area contributed by atoms with Gasteiger partial charge in [0.1, 0.15) is 0 Å². The molecule has 12 nitrogen and oxygen atoms in total. The van der Waals surface area contributed by atoms with Gasteiger partial charge < -0.3 is 47.9 Å². The lowest BCUT2D eigenvalue weighted by molar-refractivity contribution is 0.261. The van der Waals surface area contributed by atoms with Crippen LogP contribution in [0.5, 0.6) is 0 Å². The SMILES string of the molecule is O=C(Nc1ccc(C2CCNC2)cc1)Nc1ccc(Cl)cc1Cl.O=C(Nc1ccc(Cl)cc1)Nc1ccc(C2CCNC2)cc1.O=C(Nc1ccccc1)Nc1ccc(C2CCNC2)cc1. The molecule has 0 aliphatic carbocycles. The first kappa shape index (κ1) is 47.8. The Kier molecular flexibility index (Phi) is 17.7. The lowest BCUT2D eigenvalue weighted by Gasteiger charge is -2.12. The van der Waals surface area contributed by atoms with Crippen molar-refractivity contribution < 1.29 is 14.4 Å². The maximum Gasteiger partial charge on any atom is 0.323 e. The maximum atomic E-state index is 12.0. The van der Waals surface area contributed by atoms with Gasteiger partial charge in [-0.05, 0) is 164 Å². The Morgan fingerprint density at radius 2 is 0.727 bits per heavy atom. The maximum absolute atomic E-state index is 12.0. The number of hydrogen-bond donors (Lipinski definition) is 9. The van der Waals surface area contributed by atoms with Crippen molar-refractivity contribution >= 4 is 87.0 Å². The summed E-state index contributed by atoms with van der Waals surface area (Å²) in [7, 11) is 0. The summed E-state index contributed by atoms with van der Waals surface area (Å²) in [6, 6.07) is 44.6. The van der Waals surface area contributed by atoms with Gasteiger partial charge in [-0.1, -0.05) is 89.4 Å². The highest BCUT2D eigenvalue weighted by Crippen LogP contribution is 2.28. The molecule has 0 aromatic heterocycles. The van der Waals surface area contributed by atoms with E-state index in [1.165, 1.54) is 29.5 Å². The van der Waals surface area contributed by atoms with E-state index in [2.05, 4.69) is 84.2 Å². The van der Waals surface area contributed by atoms with Crippen molar-refractivity contribution in [2.45, 2.75) is 37.0 Å². The van der Waals surface area contributed by atoms with Gasteiger partial charge in [0.05, 0.1) is 10.7 Å². The first-order valence-electron chi connectivity index (χ1n) is 22.1. The van der Waals surface area contributed by atoms with E-state index in [1.807, 2.05) is 66.7 Å². The fraction of sp³-hybridized carbons (Fsp3) is 0.235. The highest BCUT2D eigenvalue weighted by Gasteiger charge is 2.18. The molecule has 0 bridgehead atoms. The average Bonchev–Trinajstić information content (AvgIpc) is 4.16. The fourth-order valence-electron chi connectivity index (χ4n) is 7.85. The van der Waals surface area contributed by atoms with Crippen LogP contribution in [0.15, 0.2) is 146 Å². The molecule has 3 aliphatic heterocycles. The summed E-state index contributed by atoms with van der Waals surface area (Å²) >= 11 is 17.7. The molecule has 3 saturated heterocycles. The molecule has 9 N–H and O–H groups in total. The summed E-state index contributed by atoms with van der Waals surface area (Å²) in [5.74, 6) is 1.74. The van der Waals surface area contributed by atoms with Crippen LogP contribution in [0, 0.1) is 0 Å². The van der Waals surface area contributed by atoms with Crippen LogP contribution in [-0.2, 0) is 0 Å². The first-order valence-corrected chi connectivity index (χ1v) is 23.2. The molecule has 3 atom stereocenters. The quantitative estimate of drug-likeness (QED) is 0.0702. The highest BCUT2D eigenvalue weighted by molar-refractivity contribution is 6.36. The normalized spacial score (nSPS) is 17.2. The van der Waals surface area contributed by atoms with Gasteiger partial charge in [-0.3, -0.25) is 0 Å². The molecule has 3 unspecified atom stereocenters. The minimum absolute atomic E-state index is 0.225. The zero-order valence-corrected chi connectivity index (χ0v) is 38.6. The Labute approximate surface area is 401 Å². The number of benzene rings is 6. The molecule has 0 radical (unpaired) electrons. The largest absolute Gasteiger partial charge is 0.323 e. The van der Waals surface area contributed by atoms with E-state index < -0.39 is 0 Å². The first-order chi connectivity index (χ1) is 32.1. The van der Waals surface area contributed by atoms with Crippen molar-refractivity contribution in [1.82, 2.24) is 16.0 Å². The third kappa shape index (κ3) is 15.0. The number of carbonyl (C=O) groups is 3. The second-order valence-electron chi connectivity index (χ2n) is 16.2. The van der Waals surface area contributed by atoms with Gasteiger partial charge in [0.25, 0.3) is 0 Å². The number of amides is 6. The Bertz CT molecular complexity index is 2480. The molecule has 0 spiro atoms. The molecular formula is C51H54Cl3N9O3. The minimum Gasteiger partial charge on any atom is -0.316 e. The van der Waals surface area contributed by atoms with Crippen molar-refractivity contribution in [3.05, 3.63) is 177 Å². The lowest BCUT2D eigenvalue weighted by atomic mass is 9.98. The number of nitrogens with one attached hydrogen (secondary N) is 9. The number of hydrogen-bond acceptors (Lipinski definition) is 6. The van der Waals surface area contributed by atoms with Gasteiger partial charge >= 0.3 is 18.1 Å². The van der Waals surface area contributed by atoms with E-state index in [1.54, 1.807) is 42.5 Å². The number of urea groups is 3. The van der Waals surface area contributed by atoms with E-state index in [-0.39, 0.29) is 18.1 Å². The summed E-state index contributed by atoms with van der Waals surface area (Å²) in [6.07, 6.45) is 3.51. The molecule has 0 saturated carbocycles. The van der Waals surface area contributed by atoms with Crippen LogP contribution in [0.1, 0.15) is 53.7 Å². The van der Waals surface area contributed by atoms with Crippen LogP contribution in [0.25, 0.3) is 0 Å². The van der Waals surface area contributed by atoms with Crippen molar-refractivity contribution in [3.63, 3.8) is 0 Å². The predicted molar refractivity (Wildman–Crippen MR) is 272 cm³/mol. The minimum atomic E-state index is -0.343. The molecule has 66 heavy (non-hydrogen) atoms. The van der Waals surface area contributed by atoms with Gasteiger partial charge in [0, 0.05) is 58.1 Å². The average molecular weight is 947 g/mol. The van der Waals surface area contributed by atoms with Crippen LogP contribution in [0.2, 0.25) is 15.1 Å². The van der Waals surface area contributed by atoms with Crippen molar-refractivity contribution in [1.29, 1.82) is 0 Å². The zero-order valence-electron chi connectivity index (χ0n) is 36.3. The smallest absolute Gasteiger partial charge is 0.316 e. The molecule has 6 amide bonds. The predicted octanol–water partition coefficient (Wildman–Crippen LogP) is 12.2. The van der Waals surface area contributed by atoms with E-state index >= 15 is 0 Å². The van der Waals surface area contributed by atoms with Crippen molar-refractivity contribution in [3.8, 4) is 0 Å². The third-order valence-corrected chi connectivity index (χ3v) is 12.2. The number of rotatable bonds is 9. The molecule has 15 heteroatoms. The Hall–Kier alpha value is -6.12. The van der Waals surface area contributed by atoms with Gasteiger partial charge in [-0.15, -0.1) is 0 Å². The summed E-state index contributed by atoms with van der Waals surface area (Å²) in [5, 5.41) is 28.4. The Morgan fingerprint density at radius 3 is 1.08 bits per heavy atom. The van der Waals surface area contributed by atoms with Gasteiger partial charge in [0.15, 0.2) is 0 Å². The molecule has 6 aromatic carbocycles. The summed E-state index contributed by atoms with van der Waals surface area (Å²) < 4.78 is 0. The van der Waals surface area contributed by atoms with Crippen molar-refractivity contribution in [2.75, 3.05) is 71.2 Å². The molecule has 6 aromatic rings. The van der Waals surface area contributed by atoms with E-state index in [0.29, 0.717) is 44.2 Å². The Balaban J connectivity index is 0.000000147. The van der Waals surface area contributed by atoms with E-state index in [4.69, 9.17) is 34.8 Å². The van der Waals surface area contributed by atoms with Crippen LogP contribution in [0.3, 0.4) is 0 Å². The number of para-hydroxylation sites is 1. The topological polar surface area (TPSA) is 159 Å². The zero-order chi connectivity index (χ0) is 46.1. The summed E-state index contributed by atoms with van der Waals surface area (Å²) in [5.41, 5.74) is 8.26. The second-order valence-corrected chi connectivity index (χ2v) is 17.4. The van der Waals surface area contributed by atoms with Crippen LogP contribution in [0.4, 0.5) is 48.5 Å². The number of anilines is 6. The van der Waals surface area contributed by atoms with Gasteiger partial charge in [0.2, 0.25) is 0 Å². The van der Waals surface area contributed by atoms with E-state index in [0.717, 1.165) is 68.4 Å². The molecule has 3 aliphatic rings. The summed E-state index contributed by atoms with van der Waals surface area (Å²) in [4.78, 5) is 35.9. The van der Waals surface area contributed by atoms with Crippen LogP contribution < -0.4 is 47.9 Å². The molecule has 3 fully saturated rings. The molecular weight excluding hydrogens is 893 g/mol. The number of carbonyl (C=O) groups excluding carboxylic acids is 3. The fourth-order valence-corrected chi connectivity index (χ4v) is 8.43. The summed E-state index contributed by atoms with van der Waals surface area (Å²) in [6.45, 7) is 6.32. The lowest BCUT2D eigenvalue weighted by Crippen LogP contribution is -2.19. The van der Waals surface area contributed by atoms with Crippen molar-refractivity contribution in [2.24, 2.45) is 0 Å². The van der Waals surface area contributed by atoms with Gasteiger partial charge in [-0.2, -0.15) is 0 Å². The standard InChI is InChI=1S/C17H17Cl2N3O.C17H18ClN3O.C17H19N3O/c18-13-3-6-16(15(19)9-13)22-17(23)21-14-4-1-11(2-5-14)12-7-8-20-10-12;18-14-3-7-16(8-4-14)21-17(22)20-15-5-1-12(2-6-15)13-9-10-19-11-13;21-17(19-15-4-2-1-3-5-15)20-16-8-6-13(7-9-16)14-10-11-18-12-14/h1-6,9,12,20H,7-8,10H2,(H2,21,22,23);1-8,13,19H,9-11H2,(H2,20,21,22);1-9,14,18H,10-12H2,(H2,19,20,21). The molecule has 3 heterocycles. The van der Waals surface area contributed by atoms with Gasteiger partial charge in [-0.25, -0.2) is 14.4 Å². The Morgan fingerprint density at radius 1 is 0.394 bits per heavy atom. The molecule has 9 rings (SSSR count). The monoisotopic (exact) mass is 945 g/mol. The van der Waals surface area contributed by atoms with Crippen LogP contribution in [-0.4, -0.2) is 57.4 Å². The molecule has 342 valence electrons. The highest BCUT2D eigenvalue weighted by atomic mass is 35.5.